The lowest BCUT2D eigenvalue weighted by atomic mass is 10.1. The smallest absolute Gasteiger partial charge is 0.0470 e. The van der Waals surface area contributed by atoms with Gasteiger partial charge in [0.1, 0.15) is 0 Å². The summed E-state index contributed by atoms with van der Waals surface area (Å²) < 4.78 is 1.09. The molecule has 0 saturated carbocycles. The summed E-state index contributed by atoms with van der Waals surface area (Å²) in [5, 5.41) is 0. The number of para-hydroxylation sites is 1. The molecule has 2 nitrogen and oxygen atoms in total. The number of nitrogens with two attached hydrogens (primary N) is 1. The van der Waals surface area contributed by atoms with Crippen LogP contribution in [0.3, 0.4) is 0 Å². The standard InChI is InChI=1S/C16H17BrN2/c1-11(18)14-7-6-13(17)10-16(14)19-9-8-12-4-2-3-5-15(12)19/h2-7,10-11H,8-9,18H2,1H3. The molecule has 1 atom stereocenters. The van der Waals surface area contributed by atoms with E-state index in [1.54, 1.807) is 0 Å². The van der Waals surface area contributed by atoms with E-state index in [9.17, 15) is 0 Å². The Morgan fingerprint density at radius 2 is 1.95 bits per heavy atom. The van der Waals surface area contributed by atoms with Crippen molar-refractivity contribution in [1.29, 1.82) is 0 Å². The molecule has 0 aromatic heterocycles. The van der Waals surface area contributed by atoms with Crippen LogP contribution in [-0.4, -0.2) is 6.54 Å². The van der Waals surface area contributed by atoms with E-state index in [1.807, 2.05) is 6.92 Å². The van der Waals surface area contributed by atoms with Crippen LogP contribution in [0, 0.1) is 0 Å². The number of nitrogens with zero attached hydrogens (tertiary/aromatic N) is 1. The molecule has 0 saturated heterocycles. The summed E-state index contributed by atoms with van der Waals surface area (Å²) in [7, 11) is 0. The predicted octanol–water partition coefficient (Wildman–Crippen LogP) is 4.16. The Morgan fingerprint density at radius 1 is 1.16 bits per heavy atom. The van der Waals surface area contributed by atoms with Crippen LogP contribution < -0.4 is 10.6 Å². The third kappa shape index (κ3) is 2.28. The van der Waals surface area contributed by atoms with E-state index in [-0.39, 0.29) is 6.04 Å². The highest BCUT2D eigenvalue weighted by Crippen LogP contribution is 2.38. The van der Waals surface area contributed by atoms with Crippen molar-refractivity contribution in [1.82, 2.24) is 0 Å². The zero-order valence-corrected chi connectivity index (χ0v) is 12.5. The van der Waals surface area contributed by atoms with Crippen LogP contribution in [0.1, 0.15) is 24.1 Å². The largest absolute Gasteiger partial charge is 0.341 e. The Labute approximate surface area is 122 Å². The fourth-order valence-electron chi connectivity index (χ4n) is 2.72. The maximum atomic E-state index is 6.11. The van der Waals surface area contributed by atoms with Crippen LogP contribution in [0.5, 0.6) is 0 Å². The van der Waals surface area contributed by atoms with E-state index >= 15 is 0 Å². The van der Waals surface area contributed by atoms with Gasteiger partial charge in [0.15, 0.2) is 0 Å². The average molecular weight is 317 g/mol. The van der Waals surface area contributed by atoms with E-state index in [4.69, 9.17) is 5.73 Å². The summed E-state index contributed by atoms with van der Waals surface area (Å²) in [6.07, 6.45) is 1.10. The van der Waals surface area contributed by atoms with Crippen molar-refractivity contribution in [3.8, 4) is 0 Å². The van der Waals surface area contributed by atoms with Gasteiger partial charge in [0, 0.05) is 28.4 Å². The number of anilines is 2. The molecule has 0 amide bonds. The van der Waals surface area contributed by atoms with Gasteiger partial charge in [-0.2, -0.15) is 0 Å². The predicted molar refractivity (Wildman–Crippen MR) is 83.9 cm³/mol. The van der Waals surface area contributed by atoms with Crippen LogP contribution in [0.25, 0.3) is 0 Å². The lowest BCUT2D eigenvalue weighted by Gasteiger charge is -2.24. The summed E-state index contributed by atoms with van der Waals surface area (Å²) in [6.45, 7) is 3.06. The highest BCUT2D eigenvalue weighted by Gasteiger charge is 2.22. The summed E-state index contributed by atoms with van der Waals surface area (Å²) >= 11 is 3.57. The minimum atomic E-state index is 0.0378. The number of benzene rings is 2. The van der Waals surface area contributed by atoms with E-state index in [1.165, 1.54) is 22.5 Å². The Morgan fingerprint density at radius 3 is 2.74 bits per heavy atom. The number of fused-ring (bicyclic) bond motifs is 1. The van der Waals surface area contributed by atoms with Gasteiger partial charge in [-0.25, -0.2) is 0 Å². The molecule has 19 heavy (non-hydrogen) atoms. The van der Waals surface area contributed by atoms with Crippen molar-refractivity contribution < 1.29 is 0 Å². The van der Waals surface area contributed by atoms with Crippen molar-refractivity contribution in [3.63, 3.8) is 0 Å². The first-order chi connectivity index (χ1) is 9.16. The van der Waals surface area contributed by atoms with Crippen molar-refractivity contribution >= 4 is 27.3 Å². The van der Waals surface area contributed by atoms with Crippen molar-refractivity contribution in [2.24, 2.45) is 5.73 Å². The first-order valence-electron chi connectivity index (χ1n) is 6.57. The van der Waals surface area contributed by atoms with Crippen LogP contribution in [0.2, 0.25) is 0 Å². The first kappa shape index (κ1) is 12.7. The maximum absolute atomic E-state index is 6.11. The molecule has 0 bridgehead atoms. The summed E-state index contributed by atoms with van der Waals surface area (Å²) in [5.41, 5.74) is 11.2. The molecular formula is C16H17BrN2. The van der Waals surface area contributed by atoms with Crippen molar-refractivity contribution in [2.45, 2.75) is 19.4 Å². The zero-order chi connectivity index (χ0) is 13.4. The highest BCUT2D eigenvalue weighted by atomic mass is 79.9. The van der Waals surface area contributed by atoms with E-state index in [0.717, 1.165) is 17.4 Å². The number of hydrogen-bond donors (Lipinski definition) is 1. The second-order valence-electron chi connectivity index (χ2n) is 5.02. The van der Waals surface area contributed by atoms with Gasteiger partial charge in [-0.3, -0.25) is 0 Å². The van der Waals surface area contributed by atoms with Crippen molar-refractivity contribution in [2.75, 3.05) is 11.4 Å². The molecule has 2 N–H and O–H groups in total. The van der Waals surface area contributed by atoms with Crippen molar-refractivity contribution in [3.05, 3.63) is 58.1 Å². The molecule has 3 heteroatoms. The highest BCUT2D eigenvalue weighted by molar-refractivity contribution is 9.10. The molecular weight excluding hydrogens is 300 g/mol. The monoisotopic (exact) mass is 316 g/mol. The van der Waals surface area contributed by atoms with E-state index in [0.29, 0.717) is 0 Å². The Hall–Kier alpha value is -1.32. The quantitative estimate of drug-likeness (QED) is 0.901. The average Bonchev–Trinajstić information content (AvgIpc) is 2.82. The molecule has 0 fully saturated rings. The summed E-state index contributed by atoms with van der Waals surface area (Å²) in [5.74, 6) is 0. The molecule has 3 rings (SSSR count). The second kappa shape index (κ2) is 4.99. The van der Waals surface area contributed by atoms with Gasteiger partial charge in [-0.15, -0.1) is 0 Å². The number of rotatable bonds is 2. The van der Waals surface area contributed by atoms with Crippen LogP contribution >= 0.6 is 15.9 Å². The van der Waals surface area contributed by atoms with E-state index in [2.05, 4.69) is 63.3 Å². The fourth-order valence-corrected chi connectivity index (χ4v) is 3.07. The Kier molecular flexibility index (Phi) is 3.33. The molecule has 1 aliphatic heterocycles. The molecule has 98 valence electrons. The van der Waals surface area contributed by atoms with Gasteiger partial charge in [0.25, 0.3) is 0 Å². The molecule has 2 aromatic carbocycles. The summed E-state index contributed by atoms with van der Waals surface area (Å²) in [6, 6.07) is 15.0. The molecule has 2 aromatic rings. The second-order valence-corrected chi connectivity index (χ2v) is 5.94. The third-order valence-corrected chi connectivity index (χ3v) is 4.15. The maximum Gasteiger partial charge on any atom is 0.0470 e. The van der Waals surface area contributed by atoms with Gasteiger partial charge < -0.3 is 10.6 Å². The molecule has 1 unspecified atom stereocenters. The Balaban J connectivity index is 2.11. The molecule has 0 spiro atoms. The first-order valence-corrected chi connectivity index (χ1v) is 7.36. The van der Waals surface area contributed by atoms with Crippen LogP contribution in [-0.2, 0) is 6.42 Å². The van der Waals surface area contributed by atoms with Crippen LogP contribution in [0.4, 0.5) is 11.4 Å². The molecule has 0 radical (unpaired) electrons. The Bertz CT molecular complexity index is 607. The minimum absolute atomic E-state index is 0.0378. The summed E-state index contributed by atoms with van der Waals surface area (Å²) in [4.78, 5) is 2.37. The van der Waals surface area contributed by atoms with Gasteiger partial charge in [-0.05, 0) is 42.7 Å². The number of halogens is 1. The minimum Gasteiger partial charge on any atom is -0.341 e. The fraction of sp³-hybridized carbons (Fsp3) is 0.250. The molecule has 1 heterocycles. The van der Waals surface area contributed by atoms with Gasteiger partial charge in [0.05, 0.1) is 0 Å². The SMILES string of the molecule is CC(N)c1ccc(Br)cc1N1CCc2ccccc21. The topological polar surface area (TPSA) is 29.3 Å². The normalized spacial score (nSPS) is 15.4. The number of hydrogen-bond acceptors (Lipinski definition) is 2. The molecule has 0 aliphatic carbocycles. The van der Waals surface area contributed by atoms with Gasteiger partial charge in [-0.1, -0.05) is 40.2 Å². The lowest BCUT2D eigenvalue weighted by molar-refractivity contribution is 0.811. The lowest BCUT2D eigenvalue weighted by Crippen LogP contribution is -2.18. The van der Waals surface area contributed by atoms with E-state index < -0.39 is 0 Å². The van der Waals surface area contributed by atoms with Gasteiger partial charge in [0.2, 0.25) is 0 Å². The van der Waals surface area contributed by atoms with Gasteiger partial charge >= 0.3 is 0 Å². The zero-order valence-electron chi connectivity index (χ0n) is 10.9. The van der Waals surface area contributed by atoms with Crippen LogP contribution in [0.15, 0.2) is 46.9 Å². The molecule has 1 aliphatic rings. The third-order valence-electron chi connectivity index (χ3n) is 3.66.